The molecule has 1 N–H and O–H groups in total. The highest BCUT2D eigenvalue weighted by Crippen LogP contribution is 2.32. The summed E-state index contributed by atoms with van der Waals surface area (Å²) < 4.78 is 10.5. The van der Waals surface area contributed by atoms with Crippen molar-refractivity contribution in [3.05, 3.63) is 59.4 Å². The number of aromatic nitrogens is 1. The maximum absolute atomic E-state index is 12.0. The van der Waals surface area contributed by atoms with Crippen molar-refractivity contribution in [2.45, 2.75) is 0 Å². The Morgan fingerprint density at radius 1 is 1.26 bits per heavy atom. The molecule has 0 bridgehead atoms. The Morgan fingerprint density at radius 2 is 2.13 bits per heavy atom. The average molecular weight is 333 g/mol. The van der Waals surface area contributed by atoms with Gasteiger partial charge in [-0.15, -0.1) is 0 Å². The summed E-state index contributed by atoms with van der Waals surface area (Å²) in [5.41, 5.74) is 1.20. The van der Waals surface area contributed by atoms with E-state index in [9.17, 15) is 4.79 Å². The zero-order valence-electron chi connectivity index (χ0n) is 12.7. The summed E-state index contributed by atoms with van der Waals surface area (Å²) in [6.45, 7) is 0.769. The Labute approximate surface area is 139 Å². The molecule has 0 atom stereocenters. The summed E-state index contributed by atoms with van der Waals surface area (Å²) in [7, 11) is 1.58. The highest BCUT2D eigenvalue weighted by Gasteiger charge is 2.10. The molecule has 1 amide bonds. The third kappa shape index (κ3) is 5.39. The van der Waals surface area contributed by atoms with Crippen LogP contribution in [0.4, 0.5) is 5.69 Å². The number of pyridine rings is 1. The van der Waals surface area contributed by atoms with Crippen molar-refractivity contribution in [1.82, 2.24) is 4.98 Å². The summed E-state index contributed by atoms with van der Waals surface area (Å²) in [5.74, 6) is 0.125. The van der Waals surface area contributed by atoms with Gasteiger partial charge in [0.15, 0.2) is 5.75 Å². The molecule has 0 saturated carbocycles. The minimum Gasteiger partial charge on any atom is -0.487 e. The third-order valence-corrected chi connectivity index (χ3v) is 3.15. The number of carbonyl (C=O) groups is 1. The van der Waals surface area contributed by atoms with Crippen LogP contribution in [0.25, 0.3) is 6.08 Å². The van der Waals surface area contributed by atoms with Gasteiger partial charge < -0.3 is 14.8 Å². The topological polar surface area (TPSA) is 60.5 Å². The van der Waals surface area contributed by atoms with Gasteiger partial charge in [0.1, 0.15) is 6.61 Å². The molecule has 1 heterocycles. The van der Waals surface area contributed by atoms with E-state index in [1.54, 1.807) is 37.6 Å². The Morgan fingerprint density at radius 3 is 2.87 bits per heavy atom. The molecule has 0 aliphatic heterocycles. The summed E-state index contributed by atoms with van der Waals surface area (Å²) in [4.78, 5) is 16.1. The lowest BCUT2D eigenvalue weighted by atomic mass is 10.2. The lowest BCUT2D eigenvalue weighted by Crippen LogP contribution is -2.11. The molecule has 0 spiro atoms. The monoisotopic (exact) mass is 332 g/mol. The van der Waals surface area contributed by atoms with Crippen molar-refractivity contribution in [3.63, 3.8) is 0 Å². The highest BCUT2D eigenvalue weighted by molar-refractivity contribution is 6.32. The van der Waals surface area contributed by atoms with Crippen LogP contribution in [0.2, 0.25) is 5.02 Å². The molecule has 0 aliphatic carbocycles. The summed E-state index contributed by atoms with van der Waals surface area (Å²) >= 11 is 6.12. The summed E-state index contributed by atoms with van der Waals surface area (Å²) in [5, 5.41) is 3.17. The number of nitrogens with zero attached hydrogens (tertiary/aromatic N) is 1. The molecule has 120 valence electrons. The smallest absolute Gasteiger partial charge is 0.248 e. The second kappa shape index (κ2) is 8.92. The number of para-hydroxylation sites is 1. The fourth-order valence-corrected chi connectivity index (χ4v) is 2.02. The number of rotatable bonds is 7. The predicted octanol–water partition coefficient (Wildman–Crippen LogP) is 3.41. The van der Waals surface area contributed by atoms with E-state index in [1.807, 2.05) is 18.2 Å². The van der Waals surface area contributed by atoms with E-state index in [0.717, 1.165) is 0 Å². The average Bonchev–Trinajstić information content (AvgIpc) is 2.56. The molecule has 0 unspecified atom stereocenters. The quantitative estimate of drug-likeness (QED) is 0.623. The van der Waals surface area contributed by atoms with Crippen LogP contribution in [0, 0.1) is 0 Å². The number of ether oxygens (including phenoxy) is 2. The van der Waals surface area contributed by atoms with Gasteiger partial charge in [0, 0.05) is 19.4 Å². The number of amides is 1. The molecule has 1 aromatic carbocycles. The Balaban J connectivity index is 2.05. The van der Waals surface area contributed by atoms with Crippen LogP contribution < -0.4 is 10.1 Å². The highest BCUT2D eigenvalue weighted by atomic mass is 35.5. The van der Waals surface area contributed by atoms with E-state index in [4.69, 9.17) is 21.1 Å². The second-order valence-electron chi connectivity index (χ2n) is 4.53. The van der Waals surface area contributed by atoms with E-state index < -0.39 is 0 Å². The van der Waals surface area contributed by atoms with Gasteiger partial charge in [-0.1, -0.05) is 23.7 Å². The Kier molecular flexibility index (Phi) is 6.59. The Bertz CT molecular complexity index is 675. The van der Waals surface area contributed by atoms with Gasteiger partial charge in [-0.05, 0) is 30.3 Å². The first-order valence-electron chi connectivity index (χ1n) is 7.01. The van der Waals surface area contributed by atoms with E-state index in [1.165, 1.54) is 6.08 Å². The van der Waals surface area contributed by atoms with Crippen molar-refractivity contribution in [2.75, 3.05) is 25.6 Å². The van der Waals surface area contributed by atoms with Gasteiger partial charge in [-0.2, -0.15) is 0 Å². The van der Waals surface area contributed by atoms with Crippen LogP contribution >= 0.6 is 11.6 Å². The number of hydrogen-bond donors (Lipinski definition) is 1. The van der Waals surface area contributed by atoms with E-state index in [0.29, 0.717) is 35.4 Å². The van der Waals surface area contributed by atoms with Crippen molar-refractivity contribution >= 4 is 29.3 Å². The van der Waals surface area contributed by atoms with Crippen molar-refractivity contribution in [1.29, 1.82) is 0 Å². The first-order valence-corrected chi connectivity index (χ1v) is 7.39. The van der Waals surface area contributed by atoms with Crippen LogP contribution in [0.1, 0.15) is 5.69 Å². The maximum Gasteiger partial charge on any atom is 0.248 e. The molecule has 2 aromatic rings. The fourth-order valence-electron chi connectivity index (χ4n) is 1.79. The number of halogens is 1. The van der Waals surface area contributed by atoms with Gasteiger partial charge in [0.2, 0.25) is 5.91 Å². The largest absolute Gasteiger partial charge is 0.487 e. The predicted molar refractivity (Wildman–Crippen MR) is 90.7 cm³/mol. The van der Waals surface area contributed by atoms with Gasteiger partial charge in [-0.25, -0.2) is 0 Å². The molecule has 5 nitrogen and oxygen atoms in total. The normalized spacial score (nSPS) is 10.7. The van der Waals surface area contributed by atoms with Crippen LogP contribution in [0.5, 0.6) is 5.75 Å². The molecule has 0 saturated heterocycles. The lowest BCUT2D eigenvalue weighted by molar-refractivity contribution is -0.111. The molecule has 1 aromatic heterocycles. The number of methoxy groups -OCH3 is 1. The first-order chi connectivity index (χ1) is 11.2. The summed E-state index contributed by atoms with van der Waals surface area (Å²) in [6.07, 6.45) is 4.70. The van der Waals surface area contributed by atoms with Gasteiger partial charge >= 0.3 is 0 Å². The van der Waals surface area contributed by atoms with Gasteiger partial charge in [-0.3, -0.25) is 9.78 Å². The molecular weight excluding hydrogens is 316 g/mol. The molecule has 0 fully saturated rings. The van der Waals surface area contributed by atoms with E-state index in [2.05, 4.69) is 10.3 Å². The van der Waals surface area contributed by atoms with Crippen LogP contribution in [0.15, 0.2) is 48.7 Å². The molecule has 23 heavy (non-hydrogen) atoms. The van der Waals surface area contributed by atoms with Crippen molar-refractivity contribution in [3.8, 4) is 5.75 Å². The number of hydrogen-bond acceptors (Lipinski definition) is 4. The number of nitrogens with one attached hydrogen (secondary N) is 1. The lowest BCUT2D eigenvalue weighted by Gasteiger charge is -2.13. The maximum atomic E-state index is 12.0. The molecule has 0 radical (unpaired) electrons. The van der Waals surface area contributed by atoms with Crippen LogP contribution in [0.3, 0.4) is 0 Å². The third-order valence-electron chi connectivity index (χ3n) is 2.85. The SMILES string of the molecule is COCCOc1c(Cl)cccc1NC(=O)C=Cc1ccccn1. The molecule has 6 heteroatoms. The Hall–Kier alpha value is -2.37. The number of benzene rings is 1. The van der Waals surface area contributed by atoms with E-state index >= 15 is 0 Å². The standard InChI is InChI=1S/C17H17ClN2O3/c1-22-11-12-23-17-14(18)6-4-7-15(17)20-16(21)9-8-13-5-2-3-10-19-13/h2-10H,11-12H2,1H3,(H,20,21). The molecule has 2 rings (SSSR count). The number of anilines is 1. The molecule has 0 aliphatic rings. The van der Waals surface area contributed by atoms with Gasteiger partial charge in [0.05, 0.1) is 23.0 Å². The zero-order valence-corrected chi connectivity index (χ0v) is 13.4. The summed E-state index contributed by atoms with van der Waals surface area (Å²) in [6, 6.07) is 10.6. The number of carbonyl (C=O) groups excluding carboxylic acids is 1. The van der Waals surface area contributed by atoms with Gasteiger partial charge in [0.25, 0.3) is 0 Å². The van der Waals surface area contributed by atoms with Crippen molar-refractivity contribution < 1.29 is 14.3 Å². The molecular formula is C17H17ClN2O3. The van der Waals surface area contributed by atoms with Crippen LogP contribution in [-0.4, -0.2) is 31.2 Å². The first kappa shape index (κ1) is 17.0. The van der Waals surface area contributed by atoms with Crippen LogP contribution in [-0.2, 0) is 9.53 Å². The van der Waals surface area contributed by atoms with Crippen molar-refractivity contribution in [2.24, 2.45) is 0 Å². The second-order valence-corrected chi connectivity index (χ2v) is 4.94. The minimum absolute atomic E-state index is 0.297. The fraction of sp³-hybridized carbons (Fsp3) is 0.176. The van der Waals surface area contributed by atoms with E-state index in [-0.39, 0.29) is 5.91 Å². The zero-order chi connectivity index (χ0) is 16.5. The minimum atomic E-state index is -0.297.